The zero-order chi connectivity index (χ0) is 27.4. The van der Waals surface area contributed by atoms with Crippen LogP contribution in [-0.4, -0.2) is 42.0 Å². The number of nitrogens with one attached hydrogen (secondary N) is 1. The van der Waals surface area contributed by atoms with Gasteiger partial charge in [0.25, 0.3) is 0 Å². The van der Waals surface area contributed by atoms with Crippen molar-refractivity contribution in [3.8, 4) is 22.5 Å². The Balaban J connectivity index is 1.49. The number of aldehydes is 1. The molecule has 1 saturated carbocycles. The Hall–Kier alpha value is -4.14. The van der Waals surface area contributed by atoms with Crippen LogP contribution in [0.5, 0.6) is 0 Å². The maximum absolute atomic E-state index is 13.7. The SMILES string of the molecule is CC(C)CCc1c(C=O)n(C(=O)C2CCCCC2)c(=O)n1Cc1ccc(-c2ccccc2-c2nn[nH]n2)cc1. The zero-order valence-corrected chi connectivity index (χ0v) is 22.5. The fourth-order valence-corrected chi connectivity index (χ4v) is 5.50. The average Bonchev–Trinajstić information content (AvgIpc) is 3.59. The Kier molecular flexibility index (Phi) is 7.95. The third kappa shape index (κ3) is 5.53. The molecule has 2 aromatic heterocycles. The standard InChI is InChI=1S/C30H34N6O3/c1-20(2)12-17-26-27(19-37)36(29(38)23-8-4-3-5-9-23)30(39)35(26)18-21-13-15-22(16-14-21)24-10-6-7-11-25(24)28-31-33-34-32-28/h6-7,10-11,13-16,19-20,23H,3-5,8-9,12,17-18H2,1-2H3,(H,31,32,33,34). The predicted octanol–water partition coefficient (Wildman–Crippen LogP) is 5.17. The van der Waals surface area contributed by atoms with Crippen LogP contribution >= 0.6 is 0 Å². The Morgan fingerprint density at radius 3 is 2.41 bits per heavy atom. The van der Waals surface area contributed by atoms with Crippen molar-refractivity contribution < 1.29 is 9.59 Å². The lowest BCUT2D eigenvalue weighted by Crippen LogP contribution is -2.35. The summed E-state index contributed by atoms with van der Waals surface area (Å²) in [4.78, 5) is 39.4. The van der Waals surface area contributed by atoms with Crippen molar-refractivity contribution in [1.82, 2.24) is 29.8 Å². The topological polar surface area (TPSA) is 116 Å². The zero-order valence-electron chi connectivity index (χ0n) is 22.5. The van der Waals surface area contributed by atoms with Crippen molar-refractivity contribution in [1.29, 1.82) is 0 Å². The summed E-state index contributed by atoms with van der Waals surface area (Å²) in [6.45, 7) is 4.50. The molecule has 0 atom stereocenters. The fraction of sp³-hybridized carbons (Fsp3) is 0.400. The normalized spacial score (nSPS) is 14.1. The van der Waals surface area contributed by atoms with E-state index < -0.39 is 5.69 Å². The van der Waals surface area contributed by atoms with Gasteiger partial charge in [0.2, 0.25) is 11.7 Å². The Labute approximate surface area is 227 Å². The van der Waals surface area contributed by atoms with E-state index in [4.69, 9.17) is 0 Å². The van der Waals surface area contributed by atoms with Crippen molar-refractivity contribution in [2.75, 3.05) is 0 Å². The third-order valence-electron chi connectivity index (χ3n) is 7.65. The van der Waals surface area contributed by atoms with Gasteiger partial charge in [-0.2, -0.15) is 5.21 Å². The van der Waals surface area contributed by atoms with Crippen LogP contribution in [0.3, 0.4) is 0 Å². The summed E-state index contributed by atoms with van der Waals surface area (Å²) in [7, 11) is 0. The van der Waals surface area contributed by atoms with Crippen LogP contribution in [-0.2, 0) is 13.0 Å². The number of tetrazole rings is 1. The molecule has 0 spiro atoms. The van der Waals surface area contributed by atoms with Gasteiger partial charge in [0.1, 0.15) is 5.69 Å². The molecule has 2 aromatic carbocycles. The van der Waals surface area contributed by atoms with E-state index in [9.17, 15) is 14.4 Å². The van der Waals surface area contributed by atoms with E-state index in [1.54, 1.807) is 4.57 Å². The van der Waals surface area contributed by atoms with Crippen LogP contribution in [0.1, 0.15) is 78.9 Å². The highest BCUT2D eigenvalue weighted by Gasteiger charge is 2.29. The number of carbonyl (C=O) groups excluding carboxylic acids is 2. The van der Waals surface area contributed by atoms with E-state index in [2.05, 4.69) is 34.5 Å². The molecule has 0 aliphatic heterocycles. The van der Waals surface area contributed by atoms with Crippen molar-refractivity contribution in [2.24, 2.45) is 11.8 Å². The highest BCUT2D eigenvalue weighted by Crippen LogP contribution is 2.30. The van der Waals surface area contributed by atoms with Gasteiger partial charge in [-0.05, 0) is 53.5 Å². The molecule has 1 aliphatic rings. The quantitative estimate of drug-likeness (QED) is 0.301. The van der Waals surface area contributed by atoms with Gasteiger partial charge in [-0.25, -0.2) is 9.36 Å². The minimum Gasteiger partial charge on any atom is -0.296 e. The number of aromatic nitrogens is 6. The average molecular weight is 527 g/mol. The molecule has 0 saturated heterocycles. The van der Waals surface area contributed by atoms with Crippen LogP contribution in [0.2, 0.25) is 0 Å². The number of benzene rings is 2. The molecule has 0 bridgehead atoms. The summed E-state index contributed by atoms with van der Waals surface area (Å²) in [5.41, 5.74) is 4.14. The molecule has 1 fully saturated rings. The van der Waals surface area contributed by atoms with E-state index in [0.717, 1.165) is 65.3 Å². The first-order valence-corrected chi connectivity index (χ1v) is 13.7. The van der Waals surface area contributed by atoms with E-state index in [1.165, 1.54) is 0 Å². The van der Waals surface area contributed by atoms with Gasteiger partial charge in [-0.15, -0.1) is 10.2 Å². The monoisotopic (exact) mass is 526 g/mol. The summed E-state index contributed by atoms with van der Waals surface area (Å²) in [6, 6.07) is 15.8. The van der Waals surface area contributed by atoms with Gasteiger partial charge in [-0.3, -0.25) is 14.2 Å². The lowest BCUT2D eigenvalue weighted by molar-refractivity contribution is 0.0788. The summed E-state index contributed by atoms with van der Waals surface area (Å²) in [5.74, 6) is 0.465. The summed E-state index contributed by atoms with van der Waals surface area (Å²) < 4.78 is 2.78. The lowest BCUT2D eigenvalue weighted by Gasteiger charge is -2.20. The first-order valence-electron chi connectivity index (χ1n) is 13.7. The molecule has 39 heavy (non-hydrogen) atoms. The van der Waals surface area contributed by atoms with Gasteiger partial charge < -0.3 is 0 Å². The van der Waals surface area contributed by atoms with Crippen molar-refractivity contribution in [2.45, 2.75) is 65.3 Å². The van der Waals surface area contributed by atoms with Crippen LogP contribution < -0.4 is 5.69 Å². The van der Waals surface area contributed by atoms with Crippen molar-refractivity contribution >= 4 is 12.2 Å². The van der Waals surface area contributed by atoms with Crippen molar-refractivity contribution in [3.63, 3.8) is 0 Å². The van der Waals surface area contributed by atoms with Crippen LogP contribution in [0.4, 0.5) is 0 Å². The molecule has 0 unspecified atom stereocenters. The first kappa shape index (κ1) is 26.5. The third-order valence-corrected chi connectivity index (χ3v) is 7.65. The number of hydrogen-bond donors (Lipinski definition) is 1. The van der Waals surface area contributed by atoms with Crippen molar-refractivity contribution in [3.05, 3.63) is 76.0 Å². The molecule has 5 rings (SSSR count). The van der Waals surface area contributed by atoms with Gasteiger partial charge in [0.05, 0.1) is 12.2 Å². The fourth-order valence-electron chi connectivity index (χ4n) is 5.50. The molecule has 9 nitrogen and oxygen atoms in total. The molecule has 202 valence electrons. The van der Waals surface area contributed by atoms with Gasteiger partial charge in [0.15, 0.2) is 6.29 Å². The molecular formula is C30H34N6O3. The van der Waals surface area contributed by atoms with Crippen LogP contribution in [0.15, 0.2) is 53.3 Å². The predicted molar refractivity (Wildman–Crippen MR) is 149 cm³/mol. The number of imidazole rings is 1. The number of aromatic amines is 1. The number of rotatable bonds is 9. The molecule has 0 radical (unpaired) electrons. The molecule has 4 aromatic rings. The molecule has 1 N–H and O–H groups in total. The minimum absolute atomic E-state index is 0.206. The summed E-state index contributed by atoms with van der Waals surface area (Å²) in [6.07, 6.45) is 6.65. The van der Waals surface area contributed by atoms with E-state index in [0.29, 0.717) is 30.1 Å². The smallest absolute Gasteiger partial charge is 0.296 e. The number of nitrogens with zero attached hydrogens (tertiary/aromatic N) is 5. The van der Waals surface area contributed by atoms with Gasteiger partial charge in [-0.1, -0.05) is 81.6 Å². The highest BCUT2D eigenvalue weighted by atomic mass is 16.2. The highest BCUT2D eigenvalue weighted by molar-refractivity contribution is 5.88. The van der Waals surface area contributed by atoms with Gasteiger partial charge >= 0.3 is 5.69 Å². The second kappa shape index (κ2) is 11.7. The molecule has 9 heteroatoms. The number of hydrogen-bond acceptors (Lipinski definition) is 6. The van der Waals surface area contributed by atoms with Crippen LogP contribution in [0.25, 0.3) is 22.5 Å². The molecule has 0 amide bonds. The molecule has 1 aliphatic carbocycles. The minimum atomic E-state index is -0.419. The maximum Gasteiger partial charge on any atom is 0.336 e. The molecular weight excluding hydrogens is 492 g/mol. The summed E-state index contributed by atoms with van der Waals surface area (Å²) in [5, 5.41) is 14.4. The second-order valence-corrected chi connectivity index (χ2v) is 10.7. The van der Waals surface area contributed by atoms with Crippen LogP contribution in [0, 0.1) is 11.8 Å². The second-order valence-electron chi connectivity index (χ2n) is 10.7. The van der Waals surface area contributed by atoms with E-state index in [-0.39, 0.29) is 24.1 Å². The Morgan fingerprint density at radius 1 is 1.05 bits per heavy atom. The first-order chi connectivity index (χ1) is 19.0. The number of H-pyrrole nitrogens is 1. The maximum atomic E-state index is 13.7. The molecule has 2 heterocycles. The van der Waals surface area contributed by atoms with Gasteiger partial charge in [0, 0.05) is 11.5 Å². The summed E-state index contributed by atoms with van der Waals surface area (Å²) >= 11 is 0. The Morgan fingerprint density at radius 2 is 1.77 bits per heavy atom. The van der Waals surface area contributed by atoms with E-state index in [1.807, 2.05) is 48.5 Å². The number of carbonyl (C=O) groups is 2. The largest absolute Gasteiger partial charge is 0.336 e. The van der Waals surface area contributed by atoms with E-state index >= 15 is 0 Å². The lowest BCUT2D eigenvalue weighted by atomic mass is 9.88. The Bertz CT molecular complexity index is 1490.